The van der Waals surface area contributed by atoms with Crippen molar-refractivity contribution in [3.05, 3.63) is 41.2 Å². The number of nitrogens with zero attached hydrogens (tertiary/aromatic N) is 4. The van der Waals surface area contributed by atoms with Crippen LogP contribution in [-0.4, -0.2) is 37.5 Å². The second-order valence-electron chi connectivity index (χ2n) is 6.52. The maximum absolute atomic E-state index is 12.8. The van der Waals surface area contributed by atoms with Gasteiger partial charge in [-0.25, -0.2) is 4.68 Å². The van der Waals surface area contributed by atoms with E-state index in [1.165, 1.54) is 22.9 Å². The van der Waals surface area contributed by atoms with E-state index in [4.69, 9.17) is 5.84 Å². The molecule has 1 aliphatic carbocycles. The van der Waals surface area contributed by atoms with Crippen LogP contribution in [0.3, 0.4) is 0 Å². The lowest BCUT2D eigenvalue weighted by Gasteiger charge is -2.30. The van der Waals surface area contributed by atoms with Crippen molar-refractivity contribution < 1.29 is 4.79 Å². The molecular weight excluding hydrogens is 322 g/mol. The van der Waals surface area contributed by atoms with E-state index >= 15 is 0 Å². The van der Waals surface area contributed by atoms with Crippen molar-refractivity contribution >= 4 is 17.7 Å². The number of thioether (sulfide) groups is 1. The summed E-state index contributed by atoms with van der Waals surface area (Å²) in [4.78, 5) is 14.7. The molecule has 1 aliphatic heterocycles. The molecule has 1 aromatic carbocycles. The Morgan fingerprint density at radius 2 is 2.04 bits per heavy atom. The van der Waals surface area contributed by atoms with Gasteiger partial charge in [0.1, 0.15) is 0 Å². The van der Waals surface area contributed by atoms with Crippen LogP contribution in [0.1, 0.15) is 42.6 Å². The number of fused-ring (bicyclic) bond motifs is 1. The summed E-state index contributed by atoms with van der Waals surface area (Å²) in [6, 6.07) is 8.33. The number of carbonyl (C=O) groups excluding carboxylic acids is 1. The molecule has 24 heavy (non-hydrogen) atoms. The quantitative estimate of drug-likeness (QED) is 0.678. The topological polar surface area (TPSA) is 77.0 Å². The molecule has 1 aromatic heterocycles. The van der Waals surface area contributed by atoms with Crippen LogP contribution >= 0.6 is 11.8 Å². The fourth-order valence-electron chi connectivity index (χ4n) is 3.14. The van der Waals surface area contributed by atoms with Gasteiger partial charge in [0.25, 0.3) is 0 Å². The molecule has 0 spiro atoms. The van der Waals surface area contributed by atoms with E-state index in [0.29, 0.717) is 17.6 Å². The zero-order valence-corrected chi connectivity index (χ0v) is 14.5. The first-order valence-electron chi connectivity index (χ1n) is 8.36. The van der Waals surface area contributed by atoms with Gasteiger partial charge in [0.15, 0.2) is 5.82 Å². The van der Waals surface area contributed by atoms with Gasteiger partial charge >= 0.3 is 0 Å². The lowest BCUT2D eigenvalue weighted by atomic mass is 10.00. The average molecular weight is 343 g/mol. The molecule has 0 unspecified atom stereocenters. The standard InChI is InChI=1S/C17H21N5OS/c1-11(24-17-20-19-15(22(17)18)13-6-7-13)16(23)21-9-8-12-4-2-3-5-14(12)10-21/h2-5,11,13H,6-10,18H2,1H3/t11-/m1/s1. The number of benzene rings is 1. The molecule has 1 atom stereocenters. The normalized spacial score (nSPS) is 18.3. The Morgan fingerprint density at radius 1 is 1.29 bits per heavy atom. The minimum absolute atomic E-state index is 0.130. The van der Waals surface area contributed by atoms with Crippen LogP contribution in [-0.2, 0) is 17.8 Å². The van der Waals surface area contributed by atoms with Crippen LogP contribution < -0.4 is 5.84 Å². The number of rotatable bonds is 4. The molecule has 2 aromatic rings. The van der Waals surface area contributed by atoms with Crippen LogP contribution in [0.15, 0.2) is 29.4 Å². The second kappa shape index (κ2) is 6.12. The van der Waals surface area contributed by atoms with E-state index < -0.39 is 0 Å². The van der Waals surface area contributed by atoms with Crippen molar-refractivity contribution in [1.29, 1.82) is 0 Å². The smallest absolute Gasteiger partial charge is 0.236 e. The van der Waals surface area contributed by atoms with Gasteiger partial charge in [0.05, 0.1) is 5.25 Å². The van der Waals surface area contributed by atoms with E-state index in [0.717, 1.165) is 31.6 Å². The Balaban J connectivity index is 1.43. The number of amides is 1. The third-order valence-corrected chi connectivity index (χ3v) is 5.75. The summed E-state index contributed by atoms with van der Waals surface area (Å²) in [6.07, 6.45) is 3.17. The Kier molecular flexibility index (Phi) is 3.96. The van der Waals surface area contributed by atoms with E-state index in [2.05, 4.69) is 28.4 Å². The van der Waals surface area contributed by atoms with E-state index in [1.54, 1.807) is 4.68 Å². The fourth-order valence-corrected chi connectivity index (χ4v) is 4.00. The summed E-state index contributed by atoms with van der Waals surface area (Å²) in [7, 11) is 0. The Bertz CT molecular complexity index is 770. The number of nitrogen functional groups attached to an aromatic ring is 1. The molecule has 0 saturated heterocycles. The Morgan fingerprint density at radius 3 is 2.79 bits per heavy atom. The van der Waals surface area contributed by atoms with Gasteiger partial charge in [-0.05, 0) is 37.3 Å². The molecule has 6 nitrogen and oxygen atoms in total. The predicted molar refractivity (Wildman–Crippen MR) is 93.0 cm³/mol. The summed E-state index contributed by atoms with van der Waals surface area (Å²) in [5.41, 5.74) is 2.59. The first-order chi connectivity index (χ1) is 11.6. The van der Waals surface area contributed by atoms with Crippen LogP contribution in [0, 0.1) is 0 Å². The highest BCUT2D eigenvalue weighted by Crippen LogP contribution is 2.39. The second-order valence-corrected chi connectivity index (χ2v) is 7.83. The molecular formula is C17H21N5OS. The highest BCUT2D eigenvalue weighted by Gasteiger charge is 2.31. The molecule has 2 heterocycles. The third-order valence-electron chi connectivity index (χ3n) is 4.71. The van der Waals surface area contributed by atoms with Crippen molar-refractivity contribution in [1.82, 2.24) is 19.8 Å². The van der Waals surface area contributed by atoms with Crippen molar-refractivity contribution in [2.45, 2.75) is 49.1 Å². The van der Waals surface area contributed by atoms with Crippen LogP contribution in [0.2, 0.25) is 0 Å². The van der Waals surface area contributed by atoms with Crippen molar-refractivity contribution in [2.75, 3.05) is 12.4 Å². The summed E-state index contributed by atoms with van der Waals surface area (Å²) in [5, 5.41) is 8.73. The molecule has 0 bridgehead atoms. The monoisotopic (exact) mass is 343 g/mol. The number of carbonyl (C=O) groups is 1. The minimum atomic E-state index is -0.228. The van der Waals surface area contributed by atoms with E-state index in [9.17, 15) is 4.79 Å². The molecule has 1 saturated carbocycles. The fraction of sp³-hybridized carbons (Fsp3) is 0.471. The van der Waals surface area contributed by atoms with Gasteiger partial charge in [0, 0.05) is 19.0 Å². The minimum Gasteiger partial charge on any atom is -0.337 e. The lowest BCUT2D eigenvalue weighted by Crippen LogP contribution is -2.40. The zero-order chi connectivity index (χ0) is 16.7. The summed E-state index contributed by atoms with van der Waals surface area (Å²) in [5.74, 6) is 7.49. The van der Waals surface area contributed by atoms with Crippen molar-refractivity contribution in [3.63, 3.8) is 0 Å². The highest BCUT2D eigenvalue weighted by atomic mass is 32.2. The molecule has 1 amide bonds. The van der Waals surface area contributed by atoms with Crippen LogP contribution in [0.5, 0.6) is 0 Å². The van der Waals surface area contributed by atoms with Crippen LogP contribution in [0.4, 0.5) is 0 Å². The van der Waals surface area contributed by atoms with Crippen molar-refractivity contribution in [2.24, 2.45) is 0 Å². The number of aromatic nitrogens is 3. The summed E-state index contributed by atoms with van der Waals surface area (Å²) >= 11 is 1.39. The highest BCUT2D eigenvalue weighted by molar-refractivity contribution is 8.00. The van der Waals surface area contributed by atoms with Gasteiger partial charge in [-0.2, -0.15) is 0 Å². The van der Waals surface area contributed by atoms with E-state index in [-0.39, 0.29) is 11.2 Å². The molecule has 2 N–H and O–H groups in total. The first-order valence-corrected chi connectivity index (χ1v) is 9.24. The Hall–Kier alpha value is -2.02. The average Bonchev–Trinajstić information content (AvgIpc) is 3.39. The largest absolute Gasteiger partial charge is 0.337 e. The molecule has 0 radical (unpaired) electrons. The SMILES string of the molecule is C[C@@H](Sc1nnc(C2CC2)n1N)C(=O)N1CCc2ccccc2C1. The van der Waals surface area contributed by atoms with Gasteiger partial charge in [0.2, 0.25) is 11.1 Å². The Labute approximate surface area is 145 Å². The van der Waals surface area contributed by atoms with Gasteiger partial charge in [-0.3, -0.25) is 4.79 Å². The van der Waals surface area contributed by atoms with Crippen molar-refractivity contribution in [3.8, 4) is 0 Å². The molecule has 126 valence electrons. The number of hydrogen-bond donors (Lipinski definition) is 1. The molecule has 4 rings (SSSR count). The van der Waals surface area contributed by atoms with Gasteiger partial charge in [-0.15, -0.1) is 10.2 Å². The third kappa shape index (κ3) is 2.88. The predicted octanol–water partition coefficient (Wildman–Crippen LogP) is 1.93. The van der Waals surface area contributed by atoms with Crippen LogP contribution in [0.25, 0.3) is 0 Å². The van der Waals surface area contributed by atoms with E-state index in [1.807, 2.05) is 17.9 Å². The molecule has 1 fully saturated rings. The van der Waals surface area contributed by atoms with Gasteiger partial charge in [-0.1, -0.05) is 36.0 Å². The number of hydrogen-bond acceptors (Lipinski definition) is 5. The maximum atomic E-state index is 12.8. The lowest BCUT2D eigenvalue weighted by molar-refractivity contribution is -0.131. The zero-order valence-electron chi connectivity index (χ0n) is 13.7. The molecule has 2 aliphatic rings. The summed E-state index contributed by atoms with van der Waals surface area (Å²) in [6.45, 7) is 3.37. The summed E-state index contributed by atoms with van der Waals surface area (Å²) < 4.78 is 1.55. The maximum Gasteiger partial charge on any atom is 0.236 e. The van der Waals surface area contributed by atoms with Gasteiger partial charge < -0.3 is 10.7 Å². The number of nitrogens with two attached hydrogens (primary N) is 1. The first kappa shape index (κ1) is 15.5. The molecule has 7 heteroatoms.